The summed E-state index contributed by atoms with van der Waals surface area (Å²) in [6, 6.07) is 13.9. The number of benzene rings is 2. The molecule has 3 N–H and O–H groups in total. The van der Waals surface area contributed by atoms with Gasteiger partial charge in [0.1, 0.15) is 23.2 Å². The Morgan fingerprint density at radius 2 is 2.05 bits per heavy atom. The minimum atomic E-state index is -0.767. The summed E-state index contributed by atoms with van der Waals surface area (Å²) >= 11 is 6.52. The lowest BCUT2D eigenvalue weighted by atomic mass is 9.95. The van der Waals surface area contributed by atoms with Crippen LogP contribution in [-0.4, -0.2) is 34.3 Å². The predicted molar refractivity (Wildman–Crippen MR) is 144 cm³/mol. The van der Waals surface area contributed by atoms with Crippen LogP contribution in [0.15, 0.2) is 96.7 Å². The number of oxazole rings is 1. The molecule has 0 bridgehead atoms. The summed E-state index contributed by atoms with van der Waals surface area (Å²) < 4.78 is 19.2. The third-order valence-corrected chi connectivity index (χ3v) is 6.32. The summed E-state index contributed by atoms with van der Waals surface area (Å²) in [7, 11) is 0. The number of pyridine rings is 1. The molecule has 0 saturated carbocycles. The molecular weight excluding hydrogens is 525 g/mol. The lowest BCUT2D eigenvalue weighted by molar-refractivity contribution is -0.113. The van der Waals surface area contributed by atoms with Gasteiger partial charge < -0.3 is 15.1 Å². The van der Waals surface area contributed by atoms with E-state index in [4.69, 9.17) is 21.0 Å². The number of nitrogens with one attached hydrogen (secondary N) is 3. The number of rotatable bonds is 5. The van der Waals surface area contributed by atoms with Gasteiger partial charge in [-0.2, -0.15) is 10.1 Å². The number of hydrogen-bond donors (Lipinski definition) is 3. The lowest BCUT2D eigenvalue weighted by Gasteiger charge is -2.26. The predicted octanol–water partition coefficient (Wildman–Crippen LogP) is 5.21. The number of carbonyl (C=O) groups is 1. The topological polar surface area (TPSA) is 142 Å². The third kappa shape index (κ3) is 4.97. The van der Waals surface area contributed by atoms with Crippen molar-refractivity contribution in [3.63, 3.8) is 0 Å². The second-order valence-corrected chi connectivity index (χ2v) is 8.98. The Bertz CT molecular complexity index is 1730. The molecule has 0 aliphatic carbocycles. The van der Waals surface area contributed by atoms with Gasteiger partial charge in [0, 0.05) is 34.1 Å². The molecule has 2 aliphatic heterocycles. The zero-order valence-corrected chi connectivity index (χ0v) is 21.1. The van der Waals surface area contributed by atoms with Gasteiger partial charge in [-0.25, -0.2) is 19.4 Å². The molecule has 2 aromatic carbocycles. The molecule has 11 nitrogen and oxygen atoms in total. The molecule has 6 rings (SSSR count). The summed E-state index contributed by atoms with van der Waals surface area (Å²) in [4.78, 5) is 31.0. The van der Waals surface area contributed by atoms with Crippen LogP contribution >= 0.6 is 11.6 Å². The first-order chi connectivity index (χ1) is 18.9. The summed E-state index contributed by atoms with van der Waals surface area (Å²) in [5, 5.41) is 17.1. The number of azo groups is 1. The van der Waals surface area contributed by atoms with Crippen molar-refractivity contribution in [3.05, 3.63) is 94.0 Å². The Balaban J connectivity index is 1.29. The second kappa shape index (κ2) is 10.1. The van der Waals surface area contributed by atoms with E-state index in [9.17, 15) is 9.18 Å². The molecule has 0 spiro atoms. The highest BCUT2D eigenvalue weighted by molar-refractivity contribution is 6.31. The van der Waals surface area contributed by atoms with Gasteiger partial charge in [0.25, 0.3) is 5.91 Å². The van der Waals surface area contributed by atoms with E-state index in [-0.39, 0.29) is 17.6 Å². The zero-order valence-electron chi connectivity index (χ0n) is 20.3. The van der Waals surface area contributed by atoms with Crippen LogP contribution in [0.25, 0.3) is 11.1 Å². The van der Waals surface area contributed by atoms with Crippen molar-refractivity contribution in [2.75, 3.05) is 17.3 Å². The van der Waals surface area contributed by atoms with Crippen LogP contribution in [0.3, 0.4) is 0 Å². The van der Waals surface area contributed by atoms with Gasteiger partial charge in [-0.3, -0.25) is 10.1 Å². The molecule has 0 radical (unpaired) electrons. The highest BCUT2D eigenvalue weighted by atomic mass is 35.5. The maximum Gasteiger partial charge on any atom is 0.302 e. The van der Waals surface area contributed by atoms with Crippen molar-refractivity contribution < 1.29 is 13.6 Å². The van der Waals surface area contributed by atoms with Gasteiger partial charge in [0.05, 0.1) is 5.57 Å². The highest BCUT2D eigenvalue weighted by Gasteiger charge is 2.31. The van der Waals surface area contributed by atoms with Crippen LogP contribution in [0.1, 0.15) is 24.1 Å². The molecule has 13 heteroatoms. The van der Waals surface area contributed by atoms with Gasteiger partial charge >= 0.3 is 6.01 Å². The molecular formula is C26H19ClFN9O2. The number of fused-ring (bicyclic) bond motifs is 1. The molecule has 1 unspecified atom stereocenters. The Hall–Kier alpha value is -4.97. The fourth-order valence-electron chi connectivity index (χ4n) is 4.17. The van der Waals surface area contributed by atoms with Crippen molar-refractivity contribution in [1.82, 2.24) is 15.3 Å². The summed E-state index contributed by atoms with van der Waals surface area (Å²) in [6.45, 7) is 2.04. The van der Waals surface area contributed by atoms with Gasteiger partial charge in [0.2, 0.25) is 5.96 Å². The average Bonchev–Trinajstić information content (AvgIpc) is 3.59. The van der Waals surface area contributed by atoms with E-state index < -0.39 is 17.8 Å². The number of carbonyl (C=O) groups excluding carboxylic acids is 1. The first-order valence-electron chi connectivity index (χ1n) is 11.8. The third-order valence-electron chi connectivity index (χ3n) is 5.97. The van der Waals surface area contributed by atoms with Crippen LogP contribution in [0.5, 0.6) is 0 Å². The normalized spacial score (nSPS) is 16.6. The fourth-order valence-corrected chi connectivity index (χ4v) is 4.41. The van der Waals surface area contributed by atoms with Crippen LogP contribution < -0.4 is 16.0 Å². The number of amidine groups is 1. The number of halogens is 2. The van der Waals surface area contributed by atoms with Crippen LogP contribution in [0, 0.1) is 5.82 Å². The SMILES string of the molecule is CC1=C(C(=O)Nc2ccc(C3=NCN=N3)cn2)C(c2ccccc2Cl)N=C(Nc2nc3ccc(F)cc3o2)N1. The van der Waals surface area contributed by atoms with Crippen molar-refractivity contribution >= 4 is 52.2 Å². The van der Waals surface area contributed by atoms with Gasteiger partial charge in [-0.05, 0) is 37.3 Å². The second-order valence-electron chi connectivity index (χ2n) is 8.57. The van der Waals surface area contributed by atoms with Crippen molar-refractivity contribution in [3.8, 4) is 0 Å². The first-order valence-corrected chi connectivity index (χ1v) is 12.2. The zero-order chi connectivity index (χ0) is 26.9. The van der Waals surface area contributed by atoms with Gasteiger partial charge in [-0.15, -0.1) is 5.11 Å². The quantitative estimate of drug-likeness (QED) is 0.315. The maximum atomic E-state index is 13.6. The Labute approximate surface area is 225 Å². The van der Waals surface area contributed by atoms with E-state index in [2.05, 4.69) is 41.1 Å². The molecule has 2 aromatic heterocycles. The monoisotopic (exact) mass is 543 g/mol. The van der Waals surface area contributed by atoms with Crippen molar-refractivity contribution in [2.24, 2.45) is 20.2 Å². The Morgan fingerprint density at radius 1 is 1.18 bits per heavy atom. The first kappa shape index (κ1) is 24.4. The number of hydrogen-bond acceptors (Lipinski definition) is 10. The molecule has 1 atom stereocenters. The van der Waals surface area contributed by atoms with Crippen molar-refractivity contribution in [2.45, 2.75) is 13.0 Å². The molecule has 0 fully saturated rings. The minimum Gasteiger partial charge on any atom is -0.423 e. The minimum absolute atomic E-state index is 0.108. The molecule has 4 aromatic rings. The largest absolute Gasteiger partial charge is 0.423 e. The Kier molecular flexibility index (Phi) is 6.29. The van der Waals surface area contributed by atoms with E-state index in [0.717, 1.165) is 0 Å². The van der Waals surface area contributed by atoms with E-state index in [1.54, 1.807) is 43.5 Å². The summed E-state index contributed by atoms with van der Waals surface area (Å²) in [5.41, 5.74) is 2.94. The number of guanidine groups is 1. The smallest absolute Gasteiger partial charge is 0.302 e. The van der Waals surface area contributed by atoms with Crippen molar-refractivity contribution in [1.29, 1.82) is 0 Å². The van der Waals surface area contributed by atoms with E-state index in [1.165, 1.54) is 18.2 Å². The molecule has 1 amide bonds. The van der Waals surface area contributed by atoms with Crippen LogP contribution in [0.4, 0.5) is 16.2 Å². The Morgan fingerprint density at radius 3 is 2.82 bits per heavy atom. The standard InChI is InChI=1S/C26H19ClFN9O2/c1-13-21(24(38)34-20-9-6-14(11-29-20)23-30-12-31-37-23)22(16-4-2-3-5-17(16)27)35-25(32-13)36-26-33-18-8-7-15(28)10-19(18)39-26/h2-11,22H,12H2,1H3,(H,29,34,38)(H2,32,33,35,36). The number of allylic oxidation sites excluding steroid dienone is 1. The van der Waals surface area contributed by atoms with E-state index in [1.807, 2.05) is 6.07 Å². The molecule has 2 aliphatic rings. The molecule has 39 heavy (non-hydrogen) atoms. The van der Waals surface area contributed by atoms with Crippen LogP contribution in [0.2, 0.25) is 5.02 Å². The summed E-state index contributed by atoms with van der Waals surface area (Å²) in [6.07, 6.45) is 1.57. The number of aliphatic imine (C=N–C) groups is 2. The van der Waals surface area contributed by atoms with Crippen LogP contribution in [-0.2, 0) is 4.79 Å². The van der Waals surface area contributed by atoms with E-state index in [0.29, 0.717) is 51.3 Å². The fraction of sp³-hybridized carbons (Fsp3) is 0.115. The maximum absolute atomic E-state index is 13.6. The number of anilines is 2. The number of aromatic nitrogens is 2. The van der Waals surface area contributed by atoms with E-state index >= 15 is 0 Å². The summed E-state index contributed by atoms with van der Waals surface area (Å²) in [5.74, 6) is 0.253. The molecule has 4 heterocycles. The average molecular weight is 544 g/mol. The number of amides is 1. The van der Waals surface area contributed by atoms with Gasteiger partial charge in [0.15, 0.2) is 18.1 Å². The van der Waals surface area contributed by atoms with Gasteiger partial charge in [-0.1, -0.05) is 29.8 Å². The molecule has 0 saturated heterocycles. The number of nitrogens with zero attached hydrogens (tertiary/aromatic N) is 6. The highest BCUT2D eigenvalue weighted by Crippen LogP contribution is 2.35. The molecule has 194 valence electrons. The lowest BCUT2D eigenvalue weighted by Crippen LogP contribution is -2.37.